The number of hydrogen-bond donors (Lipinski definition) is 2. The maximum Gasteiger partial charge on any atom is 0.263 e. The van der Waals surface area contributed by atoms with Gasteiger partial charge in [0.2, 0.25) is 0 Å². The summed E-state index contributed by atoms with van der Waals surface area (Å²) in [5.41, 5.74) is 6.60. The lowest BCUT2D eigenvalue weighted by molar-refractivity contribution is 0.0895. The second-order valence-corrected chi connectivity index (χ2v) is 5.66. The number of anilines is 2. The third kappa shape index (κ3) is 2.57. The van der Waals surface area contributed by atoms with Gasteiger partial charge in [-0.15, -0.1) is 11.3 Å². The van der Waals surface area contributed by atoms with Crippen LogP contribution in [0.15, 0.2) is 0 Å². The number of hydrogen-bond acceptors (Lipinski definition) is 6. The van der Waals surface area contributed by atoms with Crippen molar-refractivity contribution in [1.29, 1.82) is 5.26 Å². The lowest BCUT2D eigenvalue weighted by Gasteiger charge is -2.32. The molecule has 0 radical (unpaired) electrons. The van der Waals surface area contributed by atoms with E-state index in [1.165, 1.54) is 11.3 Å². The lowest BCUT2D eigenvalue weighted by atomic mass is 10.1. The Morgan fingerprint density at radius 3 is 3.00 bits per heavy atom. The number of nitrogens with two attached hydrogens (primary N) is 1. The zero-order chi connectivity index (χ0) is 14.7. The van der Waals surface area contributed by atoms with Crippen LogP contribution in [-0.4, -0.2) is 39.3 Å². The Hall–Kier alpha value is -1.78. The van der Waals surface area contributed by atoms with Gasteiger partial charge in [0.05, 0.1) is 11.8 Å². The highest BCUT2D eigenvalue weighted by molar-refractivity contribution is 7.19. The molecule has 1 saturated heterocycles. The first-order valence-corrected chi connectivity index (χ1v) is 7.26. The third-order valence-electron chi connectivity index (χ3n) is 3.47. The highest BCUT2D eigenvalue weighted by atomic mass is 32.1. The van der Waals surface area contributed by atoms with Gasteiger partial charge >= 0.3 is 0 Å². The fourth-order valence-corrected chi connectivity index (χ4v) is 3.51. The normalized spacial score (nSPS) is 18.6. The number of nitrogen functional groups attached to an aromatic ring is 1. The smallest absolute Gasteiger partial charge is 0.263 e. The summed E-state index contributed by atoms with van der Waals surface area (Å²) in [4.78, 5) is 14.3. The van der Waals surface area contributed by atoms with Gasteiger partial charge in [0, 0.05) is 27.2 Å². The van der Waals surface area contributed by atoms with Gasteiger partial charge in [0.25, 0.3) is 5.91 Å². The third-order valence-corrected chi connectivity index (χ3v) is 4.74. The number of methoxy groups -OCH3 is 1. The molecular weight excluding hydrogens is 276 g/mol. The Bertz CT molecular complexity index is 549. The van der Waals surface area contributed by atoms with E-state index in [0.717, 1.165) is 30.9 Å². The monoisotopic (exact) mass is 294 g/mol. The van der Waals surface area contributed by atoms with Crippen molar-refractivity contribution in [1.82, 2.24) is 5.32 Å². The summed E-state index contributed by atoms with van der Waals surface area (Å²) in [7, 11) is 3.24. The molecule has 1 fully saturated rings. The van der Waals surface area contributed by atoms with Gasteiger partial charge in [0.1, 0.15) is 21.5 Å². The number of rotatable bonds is 3. The van der Waals surface area contributed by atoms with Crippen molar-refractivity contribution < 1.29 is 9.53 Å². The Labute approximate surface area is 122 Å². The Balaban J connectivity index is 2.36. The molecule has 1 aliphatic heterocycles. The first kappa shape index (κ1) is 14.6. The molecule has 0 spiro atoms. The molecule has 0 aliphatic carbocycles. The van der Waals surface area contributed by atoms with Crippen molar-refractivity contribution >= 4 is 27.9 Å². The van der Waals surface area contributed by atoms with Gasteiger partial charge in [0.15, 0.2) is 0 Å². The summed E-state index contributed by atoms with van der Waals surface area (Å²) in [5, 5.41) is 12.6. The fraction of sp³-hybridized carbons (Fsp3) is 0.538. The van der Waals surface area contributed by atoms with Crippen molar-refractivity contribution in [3.05, 3.63) is 10.4 Å². The standard InChI is InChI=1S/C13H18N4O2S/c1-16-12(18)11-10(15)9(6-14)13(20-11)17-5-3-4-8(7-17)19-2/h8H,3-5,7,15H2,1-2H3,(H,16,18). The van der Waals surface area contributed by atoms with Crippen LogP contribution in [-0.2, 0) is 4.74 Å². The number of ether oxygens (including phenoxy) is 1. The molecule has 20 heavy (non-hydrogen) atoms. The molecule has 1 aromatic rings. The fourth-order valence-electron chi connectivity index (χ4n) is 2.36. The maximum atomic E-state index is 11.8. The van der Waals surface area contributed by atoms with E-state index >= 15 is 0 Å². The molecule has 0 bridgehead atoms. The molecule has 2 heterocycles. The van der Waals surface area contributed by atoms with Crippen LogP contribution in [0.4, 0.5) is 10.7 Å². The van der Waals surface area contributed by atoms with Crippen molar-refractivity contribution in [3.8, 4) is 6.07 Å². The number of nitriles is 1. The Kier molecular flexibility index (Phi) is 4.47. The van der Waals surface area contributed by atoms with E-state index in [-0.39, 0.29) is 17.7 Å². The van der Waals surface area contributed by atoms with Crippen LogP contribution in [0.2, 0.25) is 0 Å². The predicted octanol–water partition coefficient (Wildman–Crippen LogP) is 1.18. The van der Waals surface area contributed by atoms with Gasteiger partial charge in [-0.2, -0.15) is 5.26 Å². The molecule has 1 amide bonds. The van der Waals surface area contributed by atoms with E-state index in [4.69, 9.17) is 10.5 Å². The minimum absolute atomic E-state index is 0.155. The second-order valence-electron chi connectivity index (χ2n) is 4.66. The second kappa shape index (κ2) is 6.11. The highest BCUT2D eigenvalue weighted by Gasteiger charge is 2.27. The topological polar surface area (TPSA) is 91.4 Å². The molecule has 1 atom stereocenters. The van der Waals surface area contributed by atoms with Crippen LogP contribution in [0, 0.1) is 11.3 Å². The minimum atomic E-state index is -0.254. The summed E-state index contributed by atoms with van der Waals surface area (Å²) in [5.74, 6) is -0.254. The summed E-state index contributed by atoms with van der Waals surface area (Å²) < 4.78 is 5.39. The summed E-state index contributed by atoms with van der Waals surface area (Å²) >= 11 is 1.27. The summed E-state index contributed by atoms with van der Waals surface area (Å²) in [6, 6.07) is 2.12. The number of piperidine rings is 1. The van der Waals surface area contributed by atoms with E-state index in [1.807, 2.05) is 0 Å². The van der Waals surface area contributed by atoms with E-state index in [1.54, 1.807) is 14.2 Å². The van der Waals surface area contributed by atoms with E-state index in [9.17, 15) is 10.1 Å². The zero-order valence-electron chi connectivity index (χ0n) is 11.6. The predicted molar refractivity (Wildman–Crippen MR) is 79.1 cm³/mol. The van der Waals surface area contributed by atoms with E-state index in [0.29, 0.717) is 10.4 Å². The van der Waals surface area contributed by atoms with Crippen LogP contribution in [0.5, 0.6) is 0 Å². The van der Waals surface area contributed by atoms with Crippen LogP contribution in [0.25, 0.3) is 0 Å². The van der Waals surface area contributed by atoms with Gasteiger partial charge in [-0.25, -0.2) is 0 Å². The molecule has 7 heteroatoms. The van der Waals surface area contributed by atoms with Crippen molar-refractivity contribution in [3.63, 3.8) is 0 Å². The quantitative estimate of drug-likeness (QED) is 0.873. The van der Waals surface area contributed by atoms with Crippen LogP contribution < -0.4 is 16.0 Å². The van der Waals surface area contributed by atoms with Gasteiger partial charge in [-0.3, -0.25) is 4.79 Å². The van der Waals surface area contributed by atoms with E-state index < -0.39 is 0 Å². The maximum absolute atomic E-state index is 11.8. The largest absolute Gasteiger partial charge is 0.396 e. The molecular formula is C13H18N4O2S. The van der Waals surface area contributed by atoms with Crippen molar-refractivity contribution in [2.45, 2.75) is 18.9 Å². The molecule has 0 aromatic carbocycles. The van der Waals surface area contributed by atoms with Gasteiger partial charge < -0.3 is 20.7 Å². The van der Waals surface area contributed by atoms with Crippen LogP contribution in [0.1, 0.15) is 28.1 Å². The highest BCUT2D eigenvalue weighted by Crippen LogP contribution is 2.39. The van der Waals surface area contributed by atoms with Crippen molar-refractivity contribution in [2.75, 3.05) is 37.9 Å². The number of carbonyl (C=O) groups excluding carboxylic acids is 1. The van der Waals surface area contributed by atoms with E-state index in [2.05, 4.69) is 16.3 Å². The average molecular weight is 294 g/mol. The summed E-state index contributed by atoms with van der Waals surface area (Å²) in [6.07, 6.45) is 2.16. The molecule has 3 N–H and O–H groups in total. The van der Waals surface area contributed by atoms with Gasteiger partial charge in [-0.1, -0.05) is 0 Å². The molecule has 6 nitrogen and oxygen atoms in total. The number of amides is 1. The minimum Gasteiger partial charge on any atom is -0.396 e. The zero-order valence-corrected chi connectivity index (χ0v) is 12.4. The van der Waals surface area contributed by atoms with Gasteiger partial charge in [-0.05, 0) is 12.8 Å². The van der Waals surface area contributed by atoms with Crippen LogP contribution in [0.3, 0.4) is 0 Å². The Morgan fingerprint density at radius 2 is 2.40 bits per heavy atom. The molecule has 1 aliphatic rings. The number of nitrogens with one attached hydrogen (secondary N) is 1. The van der Waals surface area contributed by atoms with Crippen LogP contribution >= 0.6 is 11.3 Å². The summed E-state index contributed by atoms with van der Waals surface area (Å²) in [6.45, 7) is 1.57. The first-order chi connectivity index (χ1) is 9.62. The molecule has 1 aromatic heterocycles. The average Bonchev–Trinajstić information content (AvgIpc) is 2.83. The Morgan fingerprint density at radius 1 is 1.65 bits per heavy atom. The molecule has 0 saturated carbocycles. The number of carbonyl (C=O) groups is 1. The first-order valence-electron chi connectivity index (χ1n) is 6.44. The molecule has 1 unspecified atom stereocenters. The molecule has 108 valence electrons. The molecule has 2 rings (SSSR count). The SMILES string of the molecule is CNC(=O)c1sc(N2CCCC(OC)C2)c(C#N)c1N. The number of thiophene rings is 1. The number of nitrogens with zero attached hydrogens (tertiary/aromatic N) is 2. The van der Waals surface area contributed by atoms with Crippen molar-refractivity contribution in [2.24, 2.45) is 0 Å². The lowest BCUT2D eigenvalue weighted by Crippen LogP contribution is -2.39.